The van der Waals surface area contributed by atoms with E-state index in [0.717, 1.165) is 31.2 Å². The van der Waals surface area contributed by atoms with Crippen molar-refractivity contribution in [3.05, 3.63) is 34.3 Å². The van der Waals surface area contributed by atoms with E-state index in [1.54, 1.807) is 12.1 Å². The Balaban J connectivity index is 2.09. The van der Waals surface area contributed by atoms with Crippen molar-refractivity contribution in [3.63, 3.8) is 0 Å². The normalized spacial score (nSPS) is 23.1. The van der Waals surface area contributed by atoms with E-state index in [9.17, 15) is 9.90 Å². The van der Waals surface area contributed by atoms with Crippen molar-refractivity contribution in [2.45, 2.75) is 38.6 Å². The molecule has 1 aliphatic carbocycles. The first-order valence-electron chi connectivity index (χ1n) is 6.79. The van der Waals surface area contributed by atoms with Crippen molar-refractivity contribution in [3.8, 4) is 0 Å². The second-order valence-corrected chi connectivity index (χ2v) is 5.70. The van der Waals surface area contributed by atoms with Crippen LogP contribution in [0.4, 0.5) is 0 Å². The summed E-state index contributed by atoms with van der Waals surface area (Å²) >= 11 is 5.94. The standard InChI is InChI=1S/C15H20ClNO2/c1-10-6-7-12(16)8-13(10)15(19)17-14-5-3-2-4-11(14)9-18/h6-8,11,14,18H,2-5,9H2,1H3,(H,17,19). The van der Waals surface area contributed by atoms with E-state index >= 15 is 0 Å². The van der Waals surface area contributed by atoms with Crippen LogP contribution in [0.2, 0.25) is 5.02 Å². The number of halogens is 1. The summed E-state index contributed by atoms with van der Waals surface area (Å²) in [6, 6.07) is 5.40. The second-order valence-electron chi connectivity index (χ2n) is 5.27. The van der Waals surface area contributed by atoms with E-state index in [2.05, 4.69) is 5.32 Å². The molecule has 1 saturated carbocycles. The lowest BCUT2D eigenvalue weighted by Crippen LogP contribution is -2.43. The van der Waals surface area contributed by atoms with Crippen LogP contribution in [0.3, 0.4) is 0 Å². The van der Waals surface area contributed by atoms with Crippen LogP contribution < -0.4 is 5.32 Å². The summed E-state index contributed by atoms with van der Waals surface area (Å²) in [6.45, 7) is 2.04. The highest BCUT2D eigenvalue weighted by molar-refractivity contribution is 6.31. The summed E-state index contributed by atoms with van der Waals surface area (Å²) in [4.78, 5) is 12.3. The van der Waals surface area contributed by atoms with Crippen LogP contribution in [0, 0.1) is 12.8 Å². The number of hydrogen-bond acceptors (Lipinski definition) is 2. The van der Waals surface area contributed by atoms with Crippen molar-refractivity contribution >= 4 is 17.5 Å². The Hall–Kier alpha value is -1.06. The Bertz CT molecular complexity index is 461. The van der Waals surface area contributed by atoms with Gasteiger partial charge in [0.2, 0.25) is 0 Å². The minimum atomic E-state index is -0.0923. The van der Waals surface area contributed by atoms with Gasteiger partial charge in [-0.15, -0.1) is 0 Å². The highest BCUT2D eigenvalue weighted by Gasteiger charge is 2.26. The number of hydrogen-bond donors (Lipinski definition) is 2. The van der Waals surface area contributed by atoms with Crippen LogP contribution in [-0.2, 0) is 0 Å². The predicted molar refractivity (Wildman–Crippen MR) is 76.5 cm³/mol. The average molecular weight is 282 g/mol. The summed E-state index contributed by atoms with van der Waals surface area (Å²) in [6.07, 6.45) is 4.16. The van der Waals surface area contributed by atoms with Crippen LogP contribution in [-0.4, -0.2) is 23.7 Å². The fourth-order valence-electron chi connectivity index (χ4n) is 2.70. The molecule has 0 heterocycles. The average Bonchev–Trinajstić information content (AvgIpc) is 2.42. The van der Waals surface area contributed by atoms with Gasteiger partial charge in [-0.25, -0.2) is 0 Å². The fourth-order valence-corrected chi connectivity index (χ4v) is 2.87. The van der Waals surface area contributed by atoms with Gasteiger partial charge in [-0.05, 0) is 37.5 Å². The summed E-state index contributed by atoms with van der Waals surface area (Å²) in [5, 5.41) is 13.0. The van der Waals surface area contributed by atoms with E-state index in [4.69, 9.17) is 11.6 Å². The Morgan fingerprint density at radius 2 is 2.16 bits per heavy atom. The summed E-state index contributed by atoms with van der Waals surface area (Å²) in [5.41, 5.74) is 1.54. The first-order valence-corrected chi connectivity index (χ1v) is 7.17. The van der Waals surface area contributed by atoms with Gasteiger partial charge in [-0.3, -0.25) is 4.79 Å². The van der Waals surface area contributed by atoms with Gasteiger partial charge in [0.15, 0.2) is 0 Å². The van der Waals surface area contributed by atoms with Gasteiger partial charge >= 0.3 is 0 Å². The predicted octanol–water partition coefficient (Wildman–Crippen LogP) is 2.93. The zero-order valence-corrected chi connectivity index (χ0v) is 11.9. The lowest BCUT2D eigenvalue weighted by atomic mass is 9.85. The van der Waals surface area contributed by atoms with Crippen LogP contribution in [0.1, 0.15) is 41.6 Å². The smallest absolute Gasteiger partial charge is 0.251 e. The van der Waals surface area contributed by atoms with Gasteiger partial charge in [-0.2, -0.15) is 0 Å². The number of nitrogens with one attached hydrogen (secondary N) is 1. The molecule has 0 aliphatic heterocycles. The van der Waals surface area contributed by atoms with E-state index in [1.807, 2.05) is 13.0 Å². The molecule has 104 valence electrons. The van der Waals surface area contributed by atoms with E-state index in [0.29, 0.717) is 10.6 Å². The van der Waals surface area contributed by atoms with E-state index < -0.39 is 0 Å². The molecule has 0 aromatic heterocycles. The molecule has 3 nitrogen and oxygen atoms in total. The lowest BCUT2D eigenvalue weighted by Gasteiger charge is -2.31. The van der Waals surface area contributed by atoms with Gasteiger partial charge in [0.1, 0.15) is 0 Å². The number of carbonyl (C=O) groups excluding carboxylic acids is 1. The second kappa shape index (κ2) is 6.40. The number of amides is 1. The molecule has 1 amide bonds. The minimum absolute atomic E-state index is 0.0737. The van der Waals surface area contributed by atoms with Gasteiger partial charge in [-0.1, -0.05) is 30.5 Å². The number of aryl methyl sites for hydroxylation is 1. The van der Waals surface area contributed by atoms with Crippen molar-refractivity contribution in [1.82, 2.24) is 5.32 Å². The molecule has 0 bridgehead atoms. The Labute approximate surface area is 119 Å². The molecule has 4 heteroatoms. The molecule has 2 rings (SSSR count). The zero-order chi connectivity index (χ0) is 13.8. The van der Waals surface area contributed by atoms with E-state index in [1.165, 1.54) is 0 Å². The first kappa shape index (κ1) is 14.4. The number of aliphatic hydroxyl groups excluding tert-OH is 1. The number of aliphatic hydroxyl groups is 1. The molecule has 1 aromatic rings. The summed E-state index contributed by atoms with van der Waals surface area (Å²) in [5.74, 6) is 0.0857. The molecule has 0 spiro atoms. The SMILES string of the molecule is Cc1ccc(Cl)cc1C(=O)NC1CCCCC1CO. The third kappa shape index (κ3) is 3.48. The Morgan fingerprint density at radius 3 is 2.89 bits per heavy atom. The number of benzene rings is 1. The molecular weight excluding hydrogens is 262 g/mol. The maximum Gasteiger partial charge on any atom is 0.251 e. The number of carbonyl (C=O) groups is 1. The van der Waals surface area contributed by atoms with Gasteiger partial charge in [0, 0.05) is 29.2 Å². The fraction of sp³-hybridized carbons (Fsp3) is 0.533. The van der Waals surface area contributed by atoms with Crippen molar-refractivity contribution < 1.29 is 9.90 Å². The number of rotatable bonds is 3. The molecule has 2 atom stereocenters. The van der Waals surface area contributed by atoms with E-state index in [-0.39, 0.29) is 24.5 Å². The molecule has 2 N–H and O–H groups in total. The third-order valence-electron chi connectivity index (χ3n) is 3.90. The van der Waals surface area contributed by atoms with Gasteiger partial charge < -0.3 is 10.4 Å². The molecule has 1 aromatic carbocycles. The largest absolute Gasteiger partial charge is 0.396 e. The van der Waals surface area contributed by atoms with Crippen LogP contribution in [0.25, 0.3) is 0 Å². The molecule has 1 aliphatic rings. The van der Waals surface area contributed by atoms with Crippen LogP contribution in [0.5, 0.6) is 0 Å². The maximum absolute atomic E-state index is 12.3. The van der Waals surface area contributed by atoms with Crippen molar-refractivity contribution in [2.75, 3.05) is 6.61 Å². The maximum atomic E-state index is 12.3. The quantitative estimate of drug-likeness (QED) is 0.895. The minimum Gasteiger partial charge on any atom is -0.396 e. The molecule has 1 fully saturated rings. The highest BCUT2D eigenvalue weighted by Crippen LogP contribution is 2.24. The highest BCUT2D eigenvalue weighted by atomic mass is 35.5. The molecule has 2 unspecified atom stereocenters. The summed E-state index contributed by atoms with van der Waals surface area (Å²) < 4.78 is 0. The zero-order valence-electron chi connectivity index (χ0n) is 11.2. The topological polar surface area (TPSA) is 49.3 Å². The van der Waals surface area contributed by atoms with Crippen molar-refractivity contribution in [2.24, 2.45) is 5.92 Å². The molecule has 0 saturated heterocycles. The monoisotopic (exact) mass is 281 g/mol. The third-order valence-corrected chi connectivity index (χ3v) is 4.14. The Morgan fingerprint density at radius 1 is 1.42 bits per heavy atom. The van der Waals surface area contributed by atoms with Crippen molar-refractivity contribution in [1.29, 1.82) is 0 Å². The van der Waals surface area contributed by atoms with Crippen LogP contribution >= 0.6 is 11.6 Å². The molecule has 19 heavy (non-hydrogen) atoms. The molecule has 0 radical (unpaired) electrons. The van der Waals surface area contributed by atoms with Gasteiger partial charge in [0.25, 0.3) is 5.91 Å². The molecular formula is C15H20ClNO2. The lowest BCUT2D eigenvalue weighted by molar-refractivity contribution is 0.0872. The Kier molecular flexibility index (Phi) is 4.83. The van der Waals surface area contributed by atoms with Crippen LogP contribution in [0.15, 0.2) is 18.2 Å². The summed E-state index contributed by atoms with van der Waals surface area (Å²) in [7, 11) is 0. The first-order chi connectivity index (χ1) is 9.11. The van der Waals surface area contributed by atoms with Gasteiger partial charge in [0.05, 0.1) is 0 Å².